The normalized spacial score (nSPS) is 12.6. The second kappa shape index (κ2) is 4.20. The molecule has 1 aromatic carbocycles. The molecule has 72 valence electrons. The van der Waals surface area contributed by atoms with Gasteiger partial charge in [0.05, 0.1) is 7.11 Å². The number of hydrogen-bond donors (Lipinski definition) is 2. The molecule has 1 atom stereocenters. The Bertz CT molecular complexity index is 291. The number of hydrogen-bond acceptors (Lipinski definition) is 3. The summed E-state index contributed by atoms with van der Waals surface area (Å²) in [6.45, 7) is 1.83. The molecule has 0 unspecified atom stereocenters. The van der Waals surface area contributed by atoms with E-state index in [-0.39, 0.29) is 11.9 Å². The van der Waals surface area contributed by atoms with Crippen molar-refractivity contribution in [2.75, 3.05) is 7.11 Å². The minimum atomic E-state index is -0.294. The summed E-state index contributed by atoms with van der Waals surface area (Å²) >= 11 is 0. The molecule has 3 N–H and O–H groups in total. The summed E-state index contributed by atoms with van der Waals surface area (Å²) in [6, 6.07) is 4.21. The molecular formula is C9H13FN2O. The molecule has 0 amide bonds. The number of nitrogens with one attached hydrogen (secondary N) is 1. The van der Waals surface area contributed by atoms with Gasteiger partial charge in [0, 0.05) is 11.6 Å². The Hall–Kier alpha value is -1.13. The van der Waals surface area contributed by atoms with Gasteiger partial charge >= 0.3 is 0 Å². The minimum absolute atomic E-state index is 0.134. The van der Waals surface area contributed by atoms with Crippen molar-refractivity contribution in [1.29, 1.82) is 0 Å². The van der Waals surface area contributed by atoms with Crippen LogP contribution in [0.25, 0.3) is 0 Å². The molecule has 13 heavy (non-hydrogen) atoms. The van der Waals surface area contributed by atoms with Crippen molar-refractivity contribution in [2.24, 2.45) is 5.84 Å². The van der Waals surface area contributed by atoms with E-state index in [9.17, 15) is 4.39 Å². The van der Waals surface area contributed by atoms with Crippen molar-refractivity contribution in [1.82, 2.24) is 5.43 Å². The number of benzene rings is 1. The maximum atomic E-state index is 12.9. The lowest BCUT2D eigenvalue weighted by Gasteiger charge is -2.14. The van der Waals surface area contributed by atoms with E-state index in [4.69, 9.17) is 10.6 Å². The molecule has 0 saturated heterocycles. The third kappa shape index (κ3) is 2.17. The van der Waals surface area contributed by atoms with Crippen LogP contribution in [0.5, 0.6) is 5.75 Å². The lowest BCUT2D eigenvalue weighted by molar-refractivity contribution is 0.400. The highest BCUT2D eigenvalue weighted by atomic mass is 19.1. The second-order valence-electron chi connectivity index (χ2n) is 2.77. The molecule has 3 nitrogen and oxygen atoms in total. The molecule has 0 aliphatic heterocycles. The molecule has 1 rings (SSSR count). The van der Waals surface area contributed by atoms with E-state index in [1.54, 1.807) is 13.2 Å². The van der Waals surface area contributed by atoms with Crippen molar-refractivity contribution in [2.45, 2.75) is 13.0 Å². The Morgan fingerprint density at radius 1 is 1.54 bits per heavy atom. The van der Waals surface area contributed by atoms with Crippen LogP contribution in [0, 0.1) is 5.82 Å². The lowest BCUT2D eigenvalue weighted by atomic mass is 10.1. The van der Waals surface area contributed by atoms with E-state index < -0.39 is 0 Å². The predicted molar refractivity (Wildman–Crippen MR) is 48.7 cm³/mol. The Morgan fingerprint density at radius 2 is 2.23 bits per heavy atom. The van der Waals surface area contributed by atoms with Crippen LogP contribution < -0.4 is 16.0 Å². The summed E-state index contributed by atoms with van der Waals surface area (Å²) in [7, 11) is 1.54. The number of nitrogens with two attached hydrogens (primary N) is 1. The third-order valence-electron chi connectivity index (χ3n) is 1.91. The summed E-state index contributed by atoms with van der Waals surface area (Å²) in [4.78, 5) is 0. The van der Waals surface area contributed by atoms with Crippen LogP contribution in [0.4, 0.5) is 4.39 Å². The molecule has 0 aromatic heterocycles. The van der Waals surface area contributed by atoms with Crippen molar-refractivity contribution in [3.63, 3.8) is 0 Å². The fraction of sp³-hybridized carbons (Fsp3) is 0.333. The number of halogens is 1. The summed E-state index contributed by atoms with van der Waals surface area (Å²) in [6.07, 6.45) is 0. The zero-order chi connectivity index (χ0) is 9.84. The standard InChI is InChI=1S/C9H13FN2O/c1-6(12-11)8-5-7(10)3-4-9(8)13-2/h3-6,12H,11H2,1-2H3/t6-/m0/s1. The fourth-order valence-electron chi connectivity index (χ4n) is 1.13. The SMILES string of the molecule is COc1ccc(F)cc1[C@H](C)NN. The van der Waals surface area contributed by atoms with Gasteiger partial charge in [0.2, 0.25) is 0 Å². The highest BCUT2D eigenvalue weighted by Crippen LogP contribution is 2.24. The first-order chi connectivity index (χ1) is 6.19. The quantitative estimate of drug-likeness (QED) is 0.550. The van der Waals surface area contributed by atoms with Crippen LogP contribution in [-0.4, -0.2) is 7.11 Å². The smallest absolute Gasteiger partial charge is 0.123 e. The van der Waals surface area contributed by atoms with Crippen LogP contribution in [0.1, 0.15) is 18.5 Å². The van der Waals surface area contributed by atoms with Crippen LogP contribution in [0.2, 0.25) is 0 Å². The average molecular weight is 184 g/mol. The van der Waals surface area contributed by atoms with Gasteiger partial charge in [-0.05, 0) is 25.1 Å². The van der Waals surface area contributed by atoms with Gasteiger partial charge in [-0.2, -0.15) is 0 Å². The van der Waals surface area contributed by atoms with Gasteiger partial charge in [-0.3, -0.25) is 11.3 Å². The maximum Gasteiger partial charge on any atom is 0.123 e. The van der Waals surface area contributed by atoms with Crippen LogP contribution >= 0.6 is 0 Å². The average Bonchev–Trinajstić information content (AvgIpc) is 2.16. The molecule has 0 radical (unpaired) electrons. The molecule has 1 aromatic rings. The summed E-state index contributed by atoms with van der Waals surface area (Å²) in [5.74, 6) is 5.59. The largest absolute Gasteiger partial charge is 0.496 e. The molecule has 0 spiro atoms. The molecular weight excluding hydrogens is 171 g/mol. The van der Waals surface area contributed by atoms with Gasteiger partial charge in [-0.1, -0.05) is 0 Å². The first-order valence-electron chi connectivity index (χ1n) is 3.98. The molecule has 0 heterocycles. The minimum Gasteiger partial charge on any atom is -0.496 e. The highest BCUT2D eigenvalue weighted by Gasteiger charge is 2.10. The number of methoxy groups -OCH3 is 1. The summed E-state index contributed by atoms with van der Waals surface area (Å²) in [5, 5.41) is 0. The molecule has 0 saturated carbocycles. The number of ether oxygens (including phenoxy) is 1. The zero-order valence-corrected chi connectivity index (χ0v) is 7.67. The van der Waals surface area contributed by atoms with Crippen molar-refractivity contribution >= 4 is 0 Å². The first kappa shape index (κ1) is 9.95. The Balaban J connectivity index is 3.07. The van der Waals surface area contributed by atoms with Crippen molar-refractivity contribution < 1.29 is 9.13 Å². The van der Waals surface area contributed by atoms with Gasteiger partial charge < -0.3 is 4.74 Å². The molecule has 4 heteroatoms. The van der Waals surface area contributed by atoms with Gasteiger partial charge in [0.15, 0.2) is 0 Å². The van der Waals surface area contributed by atoms with E-state index in [1.807, 2.05) is 6.92 Å². The third-order valence-corrected chi connectivity index (χ3v) is 1.91. The lowest BCUT2D eigenvalue weighted by Crippen LogP contribution is -2.26. The molecule has 0 aliphatic carbocycles. The van der Waals surface area contributed by atoms with Crippen LogP contribution in [-0.2, 0) is 0 Å². The molecule has 0 fully saturated rings. The Morgan fingerprint density at radius 3 is 2.77 bits per heavy atom. The summed E-state index contributed by atoms with van der Waals surface area (Å²) in [5.41, 5.74) is 3.25. The second-order valence-corrected chi connectivity index (χ2v) is 2.77. The highest BCUT2D eigenvalue weighted by molar-refractivity contribution is 5.36. The van der Waals surface area contributed by atoms with E-state index in [0.29, 0.717) is 11.3 Å². The monoisotopic (exact) mass is 184 g/mol. The van der Waals surface area contributed by atoms with Crippen molar-refractivity contribution in [3.05, 3.63) is 29.6 Å². The van der Waals surface area contributed by atoms with Crippen molar-refractivity contribution in [3.8, 4) is 5.75 Å². The Kier molecular flexibility index (Phi) is 3.22. The Labute approximate surface area is 76.7 Å². The molecule has 0 aliphatic rings. The van der Waals surface area contributed by atoms with Gasteiger partial charge in [0.25, 0.3) is 0 Å². The van der Waals surface area contributed by atoms with Gasteiger partial charge in [-0.25, -0.2) is 4.39 Å². The topological polar surface area (TPSA) is 47.3 Å². The zero-order valence-electron chi connectivity index (χ0n) is 7.67. The van der Waals surface area contributed by atoms with E-state index >= 15 is 0 Å². The maximum absolute atomic E-state index is 12.9. The van der Waals surface area contributed by atoms with E-state index in [1.165, 1.54) is 12.1 Å². The van der Waals surface area contributed by atoms with E-state index in [2.05, 4.69) is 5.43 Å². The predicted octanol–water partition coefficient (Wildman–Crippen LogP) is 1.36. The first-order valence-corrected chi connectivity index (χ1v) is 3.98. The fourth-order valence-corrected chi connectivity index (χ4v) is 1.13. The number of hydrazine groups is 1. The van der Waals surface area contributed by atoms with E-state index in [0.717, 1.165) is 0 Å². The van der Waals surface area contributed by atoms with Gasteiger partial charge in [-0.15, -0.1) is 0 Å². The van der Waals surface area contributed by atoms with Crippen LogP contribution in [0.15, 0.2) is 18.2 Å². The van der Waals surface area contributed by atoms with Crippen LogP contribution in [0.3, 0.4) is 0 Å². The molecule has 0 bridgehead atoms. The van der Waals surface area contributed by atoms with Gasteiger partial charge in [0.1, 0.15) is 11.6 Å². The summed E-state index contributed by atoms with van der Waals surface area (Å²) < 4.78 is 17.9. The number of rotatable bonds is 3.